The molecule has 0 saturated carbocycles. The van der Waals surface area contributed by atoms with Gasteiger partial charge in [-0.2, -0.15) is 0 Å². The van der Waals surface area contributed by atoms with E-state index < -0.39 is 12.3 Å². The van der Waals surface area contributed by atoms with Crippen molar-refractivity contribution in [3.63, 3.8) is 0 Å². The molecule has 0 aromatic heterocycles. The highest BCUT2D eigenvalue weighted by atomic mass is 16.7. The van der Waals surface area contributed by atoms with Crippen LogP contribution in [0.25, 0.3) is 11.1 Å². The Morgan fingerprint density at radius 1 is 0.750 bits per heavy atom. The van der Waals surface area contributed by atoms with Crippen LogP contribution in [0.1, 0.15) is 112 Å². The Hall–Kier alpha value is -3.56. The Bertz CT molecular complexity index is 1420. The van der Waals surface area contributed by atoms with E-state index in [1.54, 1.807) is 0 Å². The summed E-state index contributed by atoms with van der Waals surface area (Å²) >= 11 is 0. The summed E-state index contributed by atoms with van der Waals surface area (Å²) in [6, 6.07) is 24.7. The monoisotopic (exact) mass is 656 g/mol. The Morgan fingerprint density at radius 2 is 1.44 bits per heavy atom. The van der Waals surface area contributed by atoms with Gasteiger partial charge in [-0.1, -0.05) is 98.8 Å². The van der Waals surface area contributed by atoms with Crippen molar-refractivity contribution in [1.82, 2.24) is 10.2 Å². The predicted molar refractivity (Wildman–Crippen MR) is 187 cm³/mol. The molecule has 3 N–H and O–H groups in total. The number of aliphatic hydroxyl groups excluding tert-OH is 1. The zero-order valence-corrected chi connectivity index (χ0v) is 28.2. The van der Waals surface area contributed by atoms with Gasteiger partial charge in [-0.3, -0.25) is 9.59 Å². The van der Waals surface area contributed by atoms with E-state index in [0.717, 1.165) is 78.7 Å². The van der Waals surface area contributed by atoms with E-state index in [-0.39, 0.29) is 31.1 Å². The number of ether oxygens (including phenoxy) is 2. The van der Waals surface area contributed by atoms with Gasteiger partial charge in [0.05, 0.1) is 18.8 Å². The number of benzene rings is 3. The van der Waals surface area contributed by atoms with Gasteiger partial charge in [-0.25, -0.2) is 0 Å². The first kappa shape index (κ1) is 35.7. The second-order valence-corrected chi connectivity index (χ2v) is 13.3. The lowest BCUT2D eigenvalue weighted by Gasteiger charge is -2.38. The number of aliphatic carboxylic acids is 1. The van der Waals surface area contributed by atoms with Crippen molar-refractivity contribution in [1.29, 1.82) is 0 Å². The topological polar surface area (TPSA) is 108 Å². The highest BCUT2D eigenvalue weighted by Crippen LogP contribution is 2.39. The van der Waals surface area contributed by atoms with Gasteiger partial charge >= 0.3 is 5.97 Å². The van der Waals surface area contributed by atoms with Crippen molar-refractivity contribution in [2.75, 3.05) is 19.6 Å². The fourth-order valence-electron chi connectivity index (χ4n) is 6.71. The van der Waals surface area contributed by atoms with Gasteiger partial charge in [0.25, 0.3) is 0 Å². The number of rotatable bonds is 15. The van der Waals surface area contributed by atoms with Crippen LogP contribution in [-0.4, -0.2) is 52.7 Å². The van der Waals surface area contributed by atoms with Crippen molar-refractivity contribution in [2.45, 2.75) is 109 Å². The molecule has 3 aromatic carbocycles. The molecule has 8 nitrogen and oxygen atoms in total. The zero-order valence-electron chi connectivity index (χ0n) is 28.2. The maximum atomic E-state index is 12.4. The van der Waals surface area contributed by atoms with Crippen LogP contribution in [0.15, 0.2) is 72.8 Å². The van der Waals surface area contributed by atoms with Gasteiger partial charge in [-0.05, 0) is 72.7 Å². The summed E-state index contributed by atoms with van der Waals surface area (Å²) in [4.78, 5) is 25.6. The molecular formula is C40H52N2O6. The van der Waals surface area contributed by atoms with E-state index in [4.69, 9.17) is 14.6 Å². The Kier molecular flexibility index (Phi) is 14.0. The van der Waals surface area contributed by atoms with E-state index in [1.807, 2.05) is 24.3 Å². The number of aliphatic hydroxyl groups is 1. The summed E-state index contributed by atoms with van der Waals surface area (Å²) in [7, 11) is 0. The van der Waals surface area contributed by atoms with Crippen molar-refractivity contribution in [3.8, 4) is 11.1 Å². The number of carboxylic acid groups (broad SMARTS) is 1. The van der Waals surface area contributed by atoms with E-state index >= 15 is 0 Å². The summed E-state index contributed by atoms with van der Waals surface area (Å²) in [5.41, 5.74) is 6.18. The highest BCUT2D eigenvalue weighted by Gasteiger charge is 2.33. The summed E-state index contributed by atoms with van der Waals surface area (Å²) in [6.07, 6.45) is 10.5. The average Bonchev–Trinajstić information content (AvgIpc) is 3.10. The van der Waals surface area contributed by atoms with Crippen LogP contribution in [0.2, 0.25) is 0 Å². The first-order valence-corrected chi connectivity index (χ1v) is 17.9. The maximum Gasteiger partial charge on any atom is 0.303 e. The van der Waals surface area contributed by atoms with E-state index in [1.165, 1.54) is 32.1 Å². The number of unbranched alkanes of at least 4 members (excludes halogenated alkanes) is 3. The lowest BCUT2D eigenvalue weighted by Crippen LogP contribution is -2.40. The third-order valence-electron chi connectivity index (χ3n) is 9.50. The summed E-state index contributed by atoms with van der Waals surface area (Å²) in [5.74, 6) is -0.751. The number of carbonyl (C=O) groups excluding carboxylic acids is 1. The number of carbonyl (C=O) groups is 2. The molecule has 2 saturated heterocycles. The number of amides is 1. The number of nitrogens with one attached hydrogen (secondary N) is 1. The number of nitrogens with zero attached hydrogens (tertiary/aromatic N) is 1. The zero-order chi connectivity index (χ0) is 33.6. The molecule has 1 amide bonds. The number of carboxylic acids is 1. The molecule has 2 aliphatic heterocycles. The Labute approximate surface area is 285 Å². The Balaban J connectivity index is 1.20. The van der Waals surface area contributed by atoms with Crippen LogP contribution in [0.4, 0.5) is 0 Å². The largest absolute Gasteiger partial charge is 0.481 e. The maximum absolute atomic E-state index is 12.4. The first-order valence-electron chi connectivity index (χ1n) is 17.9. The quantitative estimate of drug-likeness (QED) is 0.144. The van der Waals surface area contributed by atoms with Crippen LogP contribution in [-0.2, 0) is 32.2 Å². The van der Waals surface area contributed by atoms with Crippen LogP contribution >= 0.6 is 0 Å². The molecule has 258 valence electrons. The molecule has 8 heteroatoms. The van der Waals surface area contributed by atoms with Crippen LogP contribution < -0.4 is 5.32 Å². The van der Waals surface area contributed by atoms with Gasteiger partial charge in [0.1, 0.15) is 0 Å². The summed E-state index contributed by atoms with van der Waals surface area (Å²) < 4.78 is 13.3. The molecule has 2 heterocycles. The molecule has 3 atom stereocenters. The first-order chi connectivity index (χ1) is 23.5. The van der Waals surface area contributed by atoms with Gasteiger partial charge < -0.3 is 29.9 Å². The lowest BCUT2D eigenvalue weighted by atomic mass is 9.98. The van der Waals surface area contributed by atoms with E-state index in [2.05, 4.69) is 58.7 Å². The molecule has 48 heavy (non-hydrogen) atoms. The fourth-order valence-corrected chi connectivity index (χ4v) is 6.71. The van der Waals surface area contributed by atoms with Gasteiger partial charge in [0.2, 0.25) is 5.91 Å². The highest BCUT2D eigenvalue weighted by molar-refractivity contribution is 5.76. The summed E-state index contributed by atoms with van der Waals surface area (Å²) in [6.45, 7) is 3.63. The molecule has 5 rings (SSSR count). The van der Waals surface area contributed by atoms with Crippen molar-refractivity contribution < 1.29 is 29.3 Å². The number of likely N-dealkylation sites (tertiary alicyclic amines) is 1. The number of hydrogen-bond acceptors (Lipinski definition) is 6. The smallest absolute Gasteiger partial charge is 0.303 e. The fraction of sp³-hybridized carbons (Fsp3) is 0.500. The van der Waals surface area contributed by atoms with Crippen LogP contribution in [0, 0.1) is 0 Å². The van der Waals surface area contributed by atoms with Crippen molar-refractivity contribution in [3.05, 3.63) is 95.1 Å². The Morgan fingerprint density at radius 3 is 2.15 bits per heavy atom. The normalized spacial score (nSPS) is 20.5. The van der Waals surface area contributed by atoms with Crippen molar-refractivity contribution in [2.24, 2.45) is 0 Å². The molecule has 0 bridgehead atoms. The van der Waals surface area contributed by atoms with E-state index in [0.29, 0.717) is 19.4 Å². The minimum atomic E-state index is -0.767. The molecule has 0 aliphatic carbocycles. The van der Waals surface area contributed by atoms with Crippen molar-refractivity contribution >= 4 is 11.9 Å². The van der Waals surface area contributed by atoms with Crippen LogP contribution in [0.3, 0.4) is 0 Å². The average molecular weight is 657 g/mol. The third-order valence-corrected chi connectivity index (χ3v) is 9.50. The van der Waals surface area contributed by atoms with E-state index in [9.17, 15) is 14.7 Å². The second kappa shape index (κ2) is 18.8. The standard InChI is InChI=1S/C40H52N2O6/c43-29-30-15-17-33(18-16-30)37-26-36(28-42-23-8-4-1-5-9-24-42)47-40(48-37)34-21-19-32(20-22-34)35-12-10-11-31(25-35)27-41-38(44)13-6-2-3-7-14-39(45)46/h10-12,15-22,25,36-37,40,43H,1-9,13-14,23-24,26-29H2,(H,41,44)(H,45,46)/t36-,37+,40+/m0/s1. The SMILES string of the molecule is O=C(O)CCCCCCC(=O)NCc1cccc(-c2ccc([C@@H]3O[C@H](CN4CCCCCCC4)C[C@H](c4ccc(CO)cc4)O3)cc2)c1. The molecule has 3 aromatic rings. The van der Waals surface area contributed by atoms with Gasteiger partial charge in [-0.15, -0.1) is 0 Å². The predicted octanol–water partition coefficient (Wildman–Crippen LogP) is 7.70. The van der Waals surface area contributed by atoms with Gasteiger partial charge in [0, 0.05) is 37.9 Å². The molecular weight excluding hydrogens is 604 g/mol. The minimum Gasteiger partial charge on any atom is -0.481 e. The lowest BCUT2D eigenvalue weighted by molar-refractivity contribution is -0.253. The molecule has 2 aliphatic rings. The molecule has 0 spiro atoms. The minimum absolute atomic E-state index is 0.0164. The molecule has 0 unspecified atom stereocenters. The summed E-state index contributed by atoms with van der Waals surface area (Å²) in [5, 5.41) is 21.3. The second-order valence-electron chi connectivity index (χ2n) is 13.3. The van der Waals surface area contributed by atoms with Crippen LogP contribution in [0.5, 0.6) is 0 Å². The number of hydrogen-bond donors (Lipinski definition) is 3. The molecule has 0 radical (unpaired) electrons. The third kappa shape index (κ3) is 11.3. The van der Waals surface area contributed by atoms with Gasteiger partial charge in [0.15, 0.2) is 6.29 Å². The molecule has 2 fully saturated rings.